The SMILES string of the molecule is Cn1ccnc1C(O)(CC(=O)N1CCCC(C(=O)Nc2ccccc2)C1)C(F)(F)F. The van der Waals surface area contributed by atoms with Crippen LogP contribution in [-0.2, 0) is 22.2 Å². The zero-order chi connectivity index (χ0) is 21.9. The standard InChI is InChI=1S/C20H23F3N4O3/c1-26-11-9-24-18(26)19(30,20(21,22)23)12-16(28)27-10-5-6-14(13-27)17(29)25-15-7-3-2-4-8-15/h2-4,7-9,11,14,30H,5-6,10,12-13H2,1H3,(H,25,29). The third-order valence-electron chi connectivity index (χ3n) is 5.25. The van der Waals surface area contributed by atoms with E-state index in [1.165, 1.54) is 18.1 Å². The van der Waals surface area contributed by atoms with Gasteiger partial charge in [-0.25, -0.2) is 4.98 Å². The average molecular weight is 424 g/mol. The first-order valence-corrected chi connectivity index (χ1v) is 9.52. The Bertz CT molecular complexity index is 900. The minimum atomic E-state index is -5.10. The molecular formula is C20H23F3N4O3. The highest BCUT2D eigenvalue weighted by Crippen LogP contribution is 2.41. The van der Waals surface area contributed by atoms with Crippen LogP contribution in [0.15, 0.2) is 42.7 Å². The Morgan fingerprint density at radius 1 is 1.27 bits per heavy atom. The van der Waals surface area contributed by atoms with Gasteiger partial charge in [0.05, 0.1) is 12.3 Å². The molecule has 2 atom stereocenters. The fourth-order valence-corrected chi connectivity index (χ4v) is 3.58. The number of carbonyl (C=O) groups excluding carboxylic acids is 2. The molecule has 1 fully saturated rings. The molecule has 1 aromatic heterocycles. The van der Waals surface area contributed by atoms with Crippen molar-refractivity contribution in [2.24, 2.45) is 13.0 Å². The van der Waals surface area contributed by atoms with Gasteiger partial charge in [-0.1, -0.05) is 18.2 Å². The topological polar surface area (TPSA) is 87.5 Å². The molecule has 2 heterocycles. The first-order valence-electron chi connectivity index (χ1n) is 9.52. The number of amides is 2. The first kappa shape index (κ1) is 21.8. The minimum absolute atomic E-state index is 0.00793. The molecule has 0 bridgehead atoms. The number of nitrogens with zero attached hydrogens (tertiary/aromatic N) is 3. The summed E-state index contributed by atoms with van der Waals surface area (Å²) in [5.74, 6) is -2.38. The maximum atomic E-state index is 13.7. The predicted molar refractivity (Wildman–Crippen MR) is 102 cm³/mol. The van der Waals surface area contributed by atoms with E-state index in [2.05, 4.69) is 10.3 Å². The first-order chi connectivity index (χ1) is 14.1. The molecule has 162 valence electrons. The van der Waals surface area contributed by atoms with E-state index in [0.717, 1.165) is 10.8 Å². The largest absolute Gasteiger partial charge is 0.425 e. The molecule has 1 aliphatic rings. The van der Waals surface area contributed by atoms with Gasteiger partial charge < -0.3 is 19.9 Å². The lowest BCUT2D eigenvalue weighted by atomic mass is 9.93. The number of likely N-dealkylation sites (tertiary alicyclic amines) is 1. The molecular weight excluding hydrogens is 401 g/mol. The van der Waals surface area contributed by atoms with Gasteiger partial charge in [0.15, 0.2) is 5.82 Å². The molecule has 0 radical (unpaired) electrons. The van der Waals surface area contributed by atoms with Crippen molar-refractivity contribution in [3.63, 3.8) is 0 Å². The number of rotatable bonds is 5. The number of aryl methyl sites for hydroxylation is 1. The van der Waals surface area contributed by atoms with E-state index < -0.39 is 35.8 Å². The minimum Gasteiger partial charge on any atom is -0.374 e. The van der Waals surface area contributed by atoms with Crippen molar-refractivity contribution >= 4 is 17.5 Å². The lowest BCUT2D eigenvalue weighted by Crippen LogP contribution is -2.50. The molecule has 0 saturated carbocycles. The molecule has 0 aliphatic carbocycles. The Labute approximate surface area is 171 Å². The molecule has 2 aromatic rings. The maximum absolute atomic E-state index is 13.7. The molecule has 2 amide bonds. The predicted octanol–water partition coefficient (Wildman–Crippen LogP) is 2.44. The van der Waals surface area contributed by atoms with E-state index in [9.17, 15) is 27.9 Å². The van der Waals surface area contributed by atoms with Crippen LogP contribution in [0.3, 0.4) is 0 Å². The molecule has 10 heteroatoms. The Hall–Kier alpha value is -2.88. The van der Waals surface area contributed by atoms with Crippen molar-refractivity contribution in [3.05, 3.63) is 48.5 Å². The summed E-state index contributed by atoms with van der Waals surface area (Å²) in [5.41, 5.74) is -2.81. The van der Waals surface area contributed by atoms with E-state index in [0.29, 0.717) is 18.5 Å². The van der Waals surface area contributed by atoms with Crippen LogP contribution in [0.4, 0.5) is 18.9 Å². The summed E-state index contributed by atoms with van der Waals surface area (Å²) >= 11 is 0. The molecule has 7 nitrogen and oxygen atoms in total. The number of piperidine rings is 1. The van der Waals surface area contributed by atoms with Gasteiger partial charge in [0.1, 0.15) is 0 Å². The van der Waals surface area contributed by atoms with Crippen LogP contribution in [0.5, 0.6) is 0 Å². The number of aliphatic hydroxyl groups is 1. The third-order valence-corrected chi connectivity index (χ3v) is 5.25. The van der Waals surface area contributed by atoms with Crippen LogP contribution in [0, 0.1) is 5.92 Å². The van der Waals surface area contributed by atoms with Gasteiger partial charge in [-0.3, -0.25) is 9.59 Å². The summed E-state index contributed by atoms with van der Waals surface area (Å²) in [6.07, 6.45) is -2.91. The smallest absolute Gasteiger partial charge is 0.374 e. The van der Waals surface area contributed by atoms with Crippen LogP contribution < -0.4 is 5.32 Å². The van der Waals surface area contributed by atoms with E-state index in [-0.39, 0.29) is 19.0 Å². The lowest BCUT2D eigenvalue weighted by Gasteiger charge is -2.35. The van der Waals surface area contributed by atoms with E-state index in [1.54, 1.807) is 30.3 Å². The van der Waals surface area contributed by atoms with Gasteiger partial charge in [-0.2, -0.15) is 13.2 Å². The van der Waals surface area contributed by atoms with Crippen molar-refractivity contribution in [1.29, 1.82) is 0 Å². The van der Waals surface area contributed by atoms with Gasteiger partial charge in [-0.05, 0) is 25.0 Å². The fraction of sp³-hybridized carbons (Fsp3) is 0.450. The highest BCUT2D eigenvalue weighted by Gasteiger charge is 2.59. The molecule has 3 rings (SSSR count). The Balaban J connectivity index is 1.71. The summed E-state index contributed by atoms with van der Waals surface area (Å²) in [4.78, 5) is 30.0. The maximum Gasteiger partial charge on any atom is 0.425 e. The number of imidazole rings is 1. The van der Waals surface area contributed by atoms with Crippen LogP contribution in [0.2, 0.25) is 0 Å². The second-order valence-electron chi connectivity index (χ2n) is 7.43. The number of halogens is 3. The van der Waals surface area contributed by atoms with E-state index in [1.807, 2.05) is 0 Å². The number of hydrogen-bond donors (Lipinski definition) is 2. The molecule has 0 spiro atoms. The zero-order valence-corrected chi connectivity index (χ0v) is 16.4. The average Bonchev–Trinajstić information content (AvgIpc) is 3.14. The number of aromatic nitrogens is 2. The Kier molecular flexibility index (Phi) is 6.16. The van der Waals surface area contributed by atoms with Gasteiger partial charge in [0, 0.05) is 38.2 Å². The van der Waals surface area contributed by atoms with Crippen molar-refractivity contribution in [2.45, 2.75) is 31.0 Å². The summed E-state index contributed by atoms with van der Waals surface area (Å²) in [6.45, 7) is 0.217. The quantitative estimate of drug-likeness (QED) is 0.772. The van der Waals surface area contributed by atoms with Gasteiger partial charge >= 0.3 is 6.18 Å². The zero-order valence-electron chi connectivity index (χ0n) is 16.4. The van der Waals surface area contributed by atoms with Crippen molar-refractivity contribution in [2.75, 3.05) is 18.4 Å². The summed E-state index contributed by atoms with van der Waals surface area (Å²) < 4.78 is 42.1. The molecule has 1 aliphatic heterocycles. The molecule has 2 unspecified atom stereocenters. The number of nitrogens with one attached hydrogen (secondary N) is 1. The number of alkyl halides is 3. The monoisotopic (exact) mass is 424 g/mol. The Morgan fingerprint density at radius 3 is 2.57 bits per heavy atom. The Morgan fingerprint density at radius 2 is 1.97 bits per heavy atom. The number of anilines is 1. The number of benzene rings is 1. The van der Waals surface area contributed by atoms with E-state index in [4.69, 9.17) is 0 Å². The lowest BCUT2D eigenvalue weighted by molar-refractivity contribution is -0.272. The number of para-hydroxylation sites is 1. The van der Waals surface area contributed by atoms with Crippen molar-refractivity contribution in [3.8, 4) is 0 Å². The van der Waals surface area contributed by atoms with Gasteiger partial charge in [0.25, 0.3) is 0 Å². The van der Waals surface area contributed by atoms with Crippen LogP contribution in [0.25, 0.3) is 0 Å². The summed E-state index contributed by atoms with van der Waals surface area (Å²) in [7, 11) is 1.31. The van der Waals surface area contributed by atoms with E-state index >= 15 is 0 Å². The third kappa shape index (κ3) is 4.48. The van der Waals surface area contributed by atoms with Crippen molar-refractivity contribution in [1.82, 2.24) is 14.5 Å². The highest BCUT2D eigenvalue weighted by atomic mass is 19.4. The molecule has 1 saturated heterocycles. The van der Waals surface area contributed by atoms with Crippen LogP contribution in [-0.4, -0.2) is 50.6 Å². The van der Waals surface area contributed by atoms with Gasteiger partial charge in [0.2, 0.25) is 17.4 Å². The molecule has 2 N–H and O–H groups in total. The van der Waals surface area contributed by atoms with Crippen molar-refractivity contribution < 1.29 is 27.9 Å². The molecule has 30 heavy (non-hydrogen) atoms. The molecule has 1 aromatic carbocycles. The fourth-order valence-electron chi connectivity index (χ4n) is 3.58. The second kappa shape index (κ2) is 8.47. The number of hydrogen-bond acceptors (Lipinski definition) is 4. The van der Waals surface area contributed by atoms with Crippen LogP contribution in [0.1, 0.15) is 25.1 Å². The second-order valence-corrected chi connectivity index (χ2v) is 7.43. The number of carbonyl (C=O) groups is 2. The highest BCUT2D eigenvalue weighted by molar-refractivity contribution is 5.93. The summed E-state index contributed by atoms with van der Waals surface area (Å²) in [5, 5.41) is 13.2. The van der Waals surface area contributed by atoms with Gasteiger partial charge in [-0.15, -0.1) is 0 Å². The normalized spacial score (nSPS) is 19.2. The summed E-state index contributed by atoms with van der Waals surface area (Å²) in [6, 6.07) is 8.78. The van der Waals surface area contributed by atoms with Crippen LogP contribution >= 0.6 is 0 Å².